The number of benzene rings is 1. The zero-order valence-electron chi connectivity index (χ0n) is 8.08. The fourth-order valence-electron chi connectivity index (χ4n) is 0.923. The second-order valence-corrected chi connectivity index (χ2v) is 3.42. The number of ether oxygens (including phenoxy) is 1. The minimum Gasteiger partial charge on any atom is -0.493 e. The topological polar surface area (TPSA) is 33.1 Å². The van der Waals surface area contributed by atoms with Gasteiger partial charge in [0.1, 0.15) is 5.75 Å². The van der Waals surface area contributed by atoms with E-state index in [1.807, 2.05) is 24.3 Å². The van der Waals surface area contributed by atoms with E-state index in [1.165, 1.54) is 6.21 Å². The Bertz CT molecular complexity index is 264. The standard InChI is InChI=1S/C11H15NO/c1-9(2)8-13-11-5-3-10(7-12)4-6-11/h3-7,9,12H,8H2,1-2H3. The van der Waals surface area contributed by atoms with E-state index in [-0.39, 0.29) is 0 Å². The molecule has 0 heterocycles. The molecule has 2 nitrogen and oxygen atoms in total. The Morgan fingerprint density at radius 1 is 1.31 bits per heavy atom. The highest BCUT2D eigenvalue weighted by Gasteiger charge is 1.96. The van der Waals surface area contributed by atoms with E-state index in [0.29, 0.717) is 5.92 Å². The minimum absolute atomic E-state index is 0.544. The lowest BCUT2D eigenvalue weighted by atomic mass is 10.2. The maximum Gasteiger partial charge on any atom is 0.119 e. The van der Waals surface area contributed by atoms with Crippen LogP contribution in [0.1, 0.15) is 19.4 Å². The van der Waals surface area contributed by atoms with Gasteiger partial charge in [-0.3, -0.25) is 0 Å². The molecule has 0 saturated heterocycles. The molecule has 0 aliphatic carbocycles. The monoisotopic (exact) mass is 177 g/mol. The highest BCUT2D eigenvalue weighted by atomic mass is 16.5. The van der Waals surface area contributed by atoms with Crippen LogP contribution in [-0.2, 0) is 0 Å². The molecule has 1 N–H and O–H groups in total. The molecule has 0 aliphatic rings. The molecule has 1 aromatic carbocycles. The van der Waals surface area contributed by atoms with Crippen molar-refractivity contribution in [2.75, 3.05) is 6.61 Å². The molecule has 0 spiro atoms. The molecule has 13 heavy (non-hydrogen) atoms. The summed E-state index contributed by atoms with van der Waals surface area (Å²) in [6, 6.07) is 7.54. The molecule has 0 fully saturated rings. The Balaban J connectivity index is 2.54. The molecule has 0 unspecified atom stereocenters. The van der Waals surface area contributed by atoms with E-state index in [9.17, 15) is 0 Å². The number of hydrogen-bond donors (Lipinski definition) is 1. The fraction of sp³-hybridized carbons (Fsp3) is 0.364. The van der Waals surface area contributed by atoms with Gasteiger partial charge >= 0.3 is 0 Å². The zero-order valence-corrected chi connectivity index (χ0v) is 8.08. The van der Waals surface area contributed by atoms with Crippen molar-refractivity contribution in [3.8, 4) is 5.75 Å². The van der Waals surface area contributed by atoms with E-state index in [1.54, 1.807) is 0 Å². The molecule has 0 saturated carbocycles. The maximum absolute atomic E-state index is 7.02. The van der Waals surface area contributed by atoms with Crippen molar-refractivity contribution in [2.45, 2.75) is 13.8 Å². The predicted molar refractivity (Wildman–Crippen MR) is 54.7 cm³/mol. The first-order valence-corrected chi connectivity index (χ1v) is 4.45. The summed E-state index contributed by atoms with van der Waals surface area (Å²) in [4.78, 5) is 0. The van der Waals surface area contributed by atoms with Gasteiger partial charge in [-0.25, -0.2) is 0 Å². The second-order valence-electron chi connectivity index (χ2n) is 3.42. The van der Waals surface area contributed by atoms with Crippen LogP contribution >= 0.6 is 0 Å². The van der Waals surface area contributed by atoms with Gasteiger partial charge in [-0.1, -0.05) is 13.8 Å². The summed E-state index contributed by atoms with van der Waals surface area (Å²) in [5.41, 5.74) is 0.900. The van der Waals surface area contributed by atoms with Crippen LogP contribution < -0.4 is 4.74 Å². The van der Waals surface area contributed by atoms with Crippen LogP contribution in [0, 0.1) is 11.3 Å². The number of hydrogen-bond acceptors (Lipinski definition) is 2. The lowest BCUT2D eigenvalue weighted by molar-refractivity contribution is 0.271. The van der Waals surface area contributed by atoms with Crippen LogP contribution in [0.25, 0.3) is 0 Å². The van der Waals surface area contributed by atoms with Gasteiger partial charge in [-0.15, -0.1) is 0 Å². The summed E-state index contributed by atoms with van der Waals surface area (Å²) in [5, 5.41) is 7.02. The van der Waals surface area contributed by atoms with Crippen molar-refractivity contribution in [3.63, 3.8) is 0 Å². The first-order chi connectivity index (χ1) is 6.22. The third-order valence-electron chi connectivity index (χ3n) is 1.63. The number of rotatable bonds is 4. The van der Waals surface area contributed by atoms with Gasteiger partial charge < -0.3 is 10.1 Å². The molecule has 70 valence electrons. The lowest BCUT2D eigenvalue weighted by Crippen LogP contribution is -2.04. The molecule has 1 aromatic rings. The van der Waals surface area contributed by atoms with E-state index >= 15 is 0 Å². The third kappa shape index (κ3) is 3.28. The van der Waals surface area contributed by atoms with Crippen molar-refractivity contribution in [2.24, 2.45) is 5.92 Å². The van der Waals surface area contributed by atoms with Gasteiger partial charge in [-0.2, -0.15) is 0 Å². The van der Waals surface area contributed by atoms with Crippen molar-refractivity contribution < 1.29 is 4.74 Å². The second kappa shape index (κ2) is 4.65. The smallest absolute Gasteiger partial charge is 0.119 e. The summed E-state index contributed by atoms with van der Waals surface area (Å²) in [5.74, 6) is 1.42. The normalized spacial score (nSPS) is 10.1. The van der Waals surface area contributed by atoms with Crippen LogP contribution in [0.2, 0.25) is 0 Å². The zero-order chi connectivity index (χ0) is 9.68. The molecule has 0 radical (unpaired) electrons. The van der Waals surface area contributed by atoms with Gasteiger partial charge in [0.05, 0.1) is 6.61 Å². The molecular weight excluding hydrogens is 162 g/mol. The lowest BCUT2D eigenvalue weighted by Gasteiger charge is -2.08. The van der Waals surface area contributed by atoms with Gasteiger partial charge in [0, 0.05) is 6.21 Å². The van der Waals surface area contributed by atoms with Crippen LogP contribution in [0.4, 0.5) is 0 Å². The maximum atomic E-state index is 7.02. The highest BCUT2D eigenvalue weighted by molar-refractivity contribution is 5.76. The van der Waals surface area contributed by atoms with Gasteiger partial charge in [0.2, 0.25) is 0 Å². The first-order valence-electron chi connectivity index (χ1n) is 4.45. The highest BCUT2D eigenvalue weighted by Crippen LogP contribution is 2.11. The van der Waals surface area contributed by atoms with Gasteiger partial charge in [0.15, 0.2) is 0 Å². The van der Waals surface area contributed by atoms with Crippen LogP contribution in [0.15, 0.2) is 24.3 Å². The molecular formula is C11H15NO. The van der Waals surface area contributed by atoms with E-state index in [2.05, 4.69) is 13.8 Å². The molecule has 0 aliphatic heterocycles. The summed E-state index contributed by atoms with van der Waals surface area (Å²) >= 11 is 0. The quantitative estimate of drug-likeness (QED) is 0.705. The fourth-order valence-corrected chi connectivity index (χ4v) is 0.923. The Hall–Kier alpha value is -1.31. The van der Waals surface area contributed by atoms with Crippen molar-refractivity contribution >= 4 is 6.21 Å². The third-order valence-corrected chi connectivity index (χ3v) is 1.63. The number of nitrogens with one attached hydrogen (secondary N) is 1. The van der Waals surface area contributed by atoms with Crippen LogP contribution in [-0.4, -0.2) is 12.8 Å². The summed E-state index contributed by atoms with van der Waals surface area (Å²) in [6.07, 6.45) is 1.33. The van der Waals surface area contributed by atoms with Gasteiger partial charge in [-0.05, 0) is 35.7 Å². The minimum atomic E-state index is 0.544. The molecule has 0 amide bonds. The molecule has 0 atom stereocenters. The van der Waals surface area contributed by atoms with Crippen LogP contribution in [0.3, 0.4) is 0 Å². The van der Waals surface area contributed by atoms with E-state index in [0.717, 1.165) is 17.9 Å². The Labute approximate surface area is 79.1 Å². The largest absolute Gasteiger partial charge is 0.493 e. The van der Waals surface area contributed by atoms with Crippen molar-refractivity contribution in [1.29, 1.82) is 5.41 Å². The SMILES string of the molecule is CC(C)COc1ccc(C=N)cc1. The predicted octanol–water partition coefficient (Wildman–Crippen LogP) is 2.72. The Kier molecular flexibility index (Phi) is 3.50. The molecule has 0 aromatic heterocycles. The van der Waals surface area contributed by atoms with Crippen molar-refractivity contribution in [3.05, 3.63) is 29.8 Å². The Morgan fingerprint density at radius 3 is 2.38 bits per heavy atom. The summed E-state index contributed by atoms with van der Waals surface area (Å²) in [6.45, 7) is 4.97. The van der Waals surface area contributed by atoms with Crippen LogP contribution in [0.5, 0.6) is 5.75 Å². The van der Waals surface area contributed by atoms with Gasteiger partial charge in [0.25, 0.3) is 0 Å². The average Bonchev–Trinajstić information content (AvgIpc) is 2.15. The van der Waals surface area contributed by atoms with E-state index in [4.69, 9.17) is 10.1 Å². The molecule has 2 heteroatoms. The Morgan fingerprint density at radius 2 is 1.92 bits per heavy atom. The molecule has 1 rings (SSSR count). The first kappa shape index (κ1) is 9.78. The van der Waals surface area contributed by atoms with E-state index < -0.39 is 0 Å². The average molecular weight is 177 g/mol. The summed E-state index contributed by atoms with van der Waals surface area (Å²) < 4.78 is 5.49. The molecule has 0 bridgehead atoms. The summed E-state index contributed by atoms with van der Waals surface area (Å²) in [7, 11) is 0. The van der Waals surface area contributed by atoms with Crippen molar-refractivity contribution in [1.82, 2.24) is 0 Å².